The van der Waals surface area contributed by atoms with Crippen molar-refractivity contribution in [3.8, 4) is 5.75 Å². The molecule has 1 aromatic carbocycles. The Morgan fingerprint density at radius 1 is 1.38 bits per heavy atom. The van der Waals surface area contributed by atoms with Crippen molar-refractivity contribution in [2.24, 2.45) is 0 Å². The van der Waals surface area contributed by atoms with Crippen LogP contribution in [0.25, 0.3) is 11.0 Å². The molecule has 2 N–H and O–H groups in total. The van der Waals surface area contributed by atoms with E-state index in [1.807, 2.05) is 28.9 Å². The minimum Gasteiger partial charge on any atom is -0.496 e. The Kier molecular flexibility index (Phi) is 3.78. The van der Waals surface area contributed by atoms with Crippen molar-refractivity contribution < 1.29 is 4.74 Å². The summed E-state index contributed by atoms with van der Waals surface area (Å²) in [4.78, 5) is 19.9. The highest BCUT2D eigenvalue weighted by molar-refractivity contribution is 5.73. The summed E-state index contributed by atoms with van der Waals surface area (Å²) in [5.41, 5.74) is 1.48. The highest BCUT2D eigenvalue weighted by Crippen LogP contribution is 2.21. The molecular formula is C17H19N5O2. The molecule has 3 heterocycles. The van der Waals surface area contributed by atoms with E-state index in [2.05, 4.69) is 20.4 Å². The molecule has 1 aliphatic rings. The van der Waals surface area contributed by atoms with Gasteiger partial charge in [0.2, 0.25) is 0 Å². The van der Waals surface area contributed by atoms with E-state index in [1.54, 1.807) is 13.3 Å². The van der Waals surface area contributed by atoms with E-state index in [0.29, 0.717) is 23.3 Å². The summed E-state index contributed by atoms with van der Waals surface area (Å²) in [7, 11) is 1.64. The number of para-hydroxylation sites is 1. The van der Waals surface area contributed by atoms with Crippen molar-refractivity contribution in [3.63, 3.8) is 0 Å². The molecule has 2 aromatic heterocycles. The molecule has 124 valence electrons. The van der Waals surface area contributed by atoms with Gasteiger partial charge in [0, 0.05) is 18.5 Å². The van der Waals surface area contributed by atoms with Gasteiger partial charge in [-0.3, -0.25) is 4.79 Å². The Balaban J connectivity index is 1.76. The summed E-state index contributed by atoms with van der Waals surface area (Å²) in [6.45, 7) is 1.82. The summed E-state index contributed by atoms with van der Waals surface area (Å²) in [5.74, 6) is 1.40. The molecule has 24 heavy (non-hydrogen) atoms. The minimum absolute atomic E-state index is 0.151. The number of aromatic amines is 1. The third-order valence-corrected chi connectivity index (χ3v) is 4.44. The van der Waals surface area contributed by atoms with Gasteiger partial charge in [-0.15, -0.1) is 0 Å². The van der Waals surface area contributed by atoms with E-state index >= 15 is 0 Å². The Hall–Kier alpha value is -2.67. The van der Waals surface area contributed by atoms with Crippen molar-refractivity contribution in [2.75, 3.05) is 20.2 Å². The van der Waals surface area contributed by atoms with Crippen LogP contribution in [0.2, 0.25) is 0 Å². The molecule has 1 saturated heterocycles. The Bertz CT molecular complexity index is 924. The maximum absolute atomic E-state index is 12.4. The molecule has 7 heteroatoms. The van der Waals surface area contributed by atoms with E-state index in [-0.39, 0.29) is 11.6 Å². The predicted molar refractivity (Wildman–Crippen MR) is 90.5 cm³/mol. The Morgan fingerprint density at radius 3 is 3.04 bits per heavy atom. The fraction of sp³-hybridized carbons (Fsp3) is 0.353. The number of methoxy groups -OCH3 is 1. The monoisotopic (exact) mass is 325 g/mol. The second kappa shape index (κ2) is 6.09. The summed E-state index contributed by atoms with van der Waals surface area (Å²) < 4.78 is 7.25. The van der Waals surface area contributed by atoms with Crippen LogP contribution in [0.4, 0.5) is 0 Å². The number of nitrogens with zero attached hydrogens (tertiary/aromatic N) is 3. The van der Waals surface area contributed by atoms with E-state index in [1.165, 1.54) is 0 Å². The molecule has 1 unspecified atom stereocenters. The molecule has 0 spiro atoms. The van der Waals surface area contributed by atoms with Gasteiger partial charge < -0.3 is 15.0 Å². The normalized spacial score (nSPS) is 17.5. The average Bonchev–Trinajstić information content (AvgIpc) is 3.24. The molecule has 1 fully saturated rings. The largest absolute Gasteiger partial charge is 0.496 e. The number of hydrogen-bond donors (Lipinski definition) is 2. The zero-order valence-electron chi connectivity index (χ0n) is 13.5. The number of rotatable bonds is 4. The van der Waals surface area contributed by atoms with Gasteiger partial charge in [0.15, 0.2) is 5.65 Å². The fourth-order valence-corrected chi connectivity index (χ4v) is 3.21. The van der Waals surface area contributed by atoms with Crippen LogP contribution in [0, 0.1) is 0 Å². The van der Waals surface area contributed by atoms with Gasteiger partial charge in [-0.2, -0.15) is 5.10 Å². The van der Waals surface area contributed by atoms with Crippen molar-refractivity contribution in [1.29, 1.82) is 0 Å². The van der Waals surface area contributed by atoms with Crippen LogP contribution in [0.5, 0.6) is 5.75 Å². The van der Waals surface area contributed by atoms with Crippen LogP contribution in [0.15, 0.2) is 35.3 Å². The van der Waals surface area contributed by atoms with E-state index in [9.17, 15) is 4.79 Å². The number of ether oxygens (including phenoxy) is 1. The molecule has 0 radical (unpaired) electrons. The maximum Gasteiger partial charge on any atom is 0.262 e. The van der Waals surface area contributed by atoms with Crippen molar-refractivity contribution in [1.82, 2.24) is 25.1 Å². The summed E-state index contributed by atoms with van der Waals surface area (Å²) in [6, 6.07) is 7.99. The van der Waals surface area contributed by atoms with Gasteiger partial charge in [-0.05, 0) is 19.0 Å². The molecule has 0 aliphatic carbocycles. The molecule has 7 nitrogen and oxygen atoms in total. The van der Waals surface area contributed by atoms with Crippen LogP contribution in [0.3, 0.4) is 0 Å². The number of benzene rings is 1. The van der Waals surface area contributed by atoms with Crippen LogP contribution < -0.4 is 15.6 Å². The van der Waals surface area contributed by atoms with E-state index in [0.717, 1.165) is 30.8 Å². The van der Waals surface area contributed by atoms with Gasteiger partial charge in [0.25, 0.3) is 5.56 Å². The average molecular weight is 325 g/mol. The van der Waals surface area contributed by atoms with Gasteiger partial charge in [0.1, 0.15) is 17.0 Å². The molecule has 3 aromatic rings. The van der Waals surface area contributed by atoms with Crippen LogP contribution in [0.1, 0.15) is 23.9 Å². The number of nitrogens with one attached hydrogen (secondary N) is 2. The molecule has 1 aliphatic heterocycles. The van der Waals surface area contributed by atoms with Gasteiger partial charge >= 0.3 is 0 Å². The lowest BCUT2D eigenvalue weighted by Gasteiger charge is -2.11. The molecule has 0 saturated carbocycles. The number of hydrogen-bond acceptors (Lipinski definition) is 5. The standard InChI is InChI=1S/C17H19N5O2/c1-24-14-5-3-2-4-11(14)8-15-20-16-13(17(23)21-15)10-19-22(16)12-6-7-18-9-12/h2-5,10,12,18H,6-9H2,1H3,(H,20,21,23). The fourth-order valence-electron chi connectivity index (χ4n) is 3.21. The zero-order chi connectivity index (χ0) is 16.5. The second-order valence-electron chi connectivity index (χ2n) is 5.97. The smallest absolute Gasteiger partial charge is 0.262 e. The first-order valence-corrected chi connectivity index (χ1v) is 8.05. The summed E-state index contributed by atoms with van der Waals surface area (Å²) in [6.07, 6.45) is 3.10. The Morgan fingerprint density at radius 2 is 2.25 bits per heavy atom. The highest BCUT2D eigenvalue weighted by Gasteiger charge is 2.21. The van der Waals surface area contributed by atoms with Crippen molar-refractivity contribution in [2.45, 2.75) is 18.9 Å². The van der Waals surface area contributed by atoms with Crippen molar-refractivity contribution in [3.05, 3.63) is 52.2 Å². The van der Waals surface area contributed by atoms with Crippen LogP contribution in [-0.4, -0.2) is 39.9 Å². The minimum atomic E-state index is -0.151. The first-order chi connectivity index (χ1) is 11.8. The Labute approximate surface area is 138 Å². The van der Waals surface area contributed by atoms with Crippen molar-refractivity contribution >= 4 is 11.0 Å². The maximum atomic E-state index is 12.4. The van der Waals surface area contributed by atoms with Gasteiger partial charge in [0.05, 0.1) is 19.3 Å². The predicted octanol–water partition coefficient (Wildman–Crippen LogP) is 1.25. The lowest BCUT2D eigenvalue weighted by Crippen LogP contribution is -2.17. The summed E-state index contributed by atoms with van der Waals surface area (Å²) in [5, 5.41) is 8.24. The highest BCUT2D eigenvalue weighted by atomic mass is 16.5. The van der Waals surface area contributed by atoms with Gasteiger partial charge in [-0.1, -0.05) is 18.2 Å². The van der Waals surface area contributed by atoms with Gasteiger partial charge in [-0.25, -0.2) is 9.67 Å². The van der Waals surface area contributed by atoms with Crippen LogP contribution >= 0.6 is 0 Å². The number of fused-ring (bicyclic) bond motifs is 1. The molecule has 0 bridgehead atoms. The zero-order valence-corrected chi connectivity index (χ0v) is 13.5. The SMILES string of the molecule is COc1ccccc1Cc1nc2c(cnn2C2CCNC2)c(=O)[nH]1. The molecule has 1 atom stereocenters. The molecule has 0 amide bonds. The quantitative estimate of drug-likeness (QED) is 0.754. The third kappa shape index (κ3) is 2.56. The molecular weight excluding hydrogens is 306 g/mol. The molecule has 4 rings (SSSR count). The number of H-pyrrole nitrogens is 1. The van der Waals surface area contributed by atoms with E-state index < -0.39 is 0 Å². The topological polar surface area (TPSA) is 84.8 Å². The van der Waals surface area contributed by atoms with Crippen LogP contribution in [-0.2, 0) is 6.42 Å². The lowest BCUT2D eigenvalue weighted by atomic mass is 10.1. The summed E-state index contributed by atoms with van der Waals surface area (Å²) >= 11 is 0. The second-order valence-corrected chi connectivity index (χ2v) is 5.97. The van der Waals surface area contributed by atoms with E-state index in [4.69, 9.17) is 4.74 Å². The first kappa shape index (κ1) is 14.9. The third-order valence-electron chi connectivity index (χ3n) is 4.44. The number of aromatic nitrogens is 4. The first-order valence-electron chi connectivity index (χ1n) is 8.05. The lowest BCUT2D eigenvalue weighted by molar-refractivity contribution is 0.410.